The molecule has 0 bridgehead atoms. The SMILES string of the molecule is CCCC(=O)OC1CC1(NC(=O)c1cc(-c2nc(NC3(CC)C[C@@H]3OC(=O)CCC)ncc2C)c[nH]1)c1cccc(Cl)c1. The molecular weight excluding hydrogens is 570 g/mol. The molecule has 43 heavy (non-hydrogen) atoms. The quantitative estimate of drug-likeness (QED) is 0.206. The second kappa shape index (κ2) is 12.4. The van der Waals surface area contributed by atoms with Crippen LogP contribution >= 0.6 is 11.6 Å². The Morgan fingerprint density at radius 2 is 1.77 bits per heavy atom. The summed E-state index contributed by atoms with van der Waals surface area (Å²) in [6.07, 6.45) is 6.80. The van der Waals surface area contributed by atoms with Crippen molar-refractivity contribution < 1.29 is 23.9 Å². The fourth-order valence-corrected chi connectivity index (χ4v) is 5.65. The summed E-state index contributed by atoms with van der Waals surface area (Å²) >= 11 is 6.26. The van der Waals surface area contributed by atoms with E-state index in [1.54, 1.807) is 30.6 Å². The number of nitrogens with zero attached hydrogens (tertiary/aromatic N) is 2. The highest BCUT2D eigenvalue weighted by molar-refractivity contribution is 6.30. The van der Waals surface area contributed by atoms with Crippen molar-refractivity contribution in [3.8, 4) is 11.3 Å². The second-order valence-corrected chi connectivity index (χ2v) is 11.9. The van der Waals surface area contributed by atoms with Gasteiger partial charge < -0.3 is 25.1 Å². The predicted octanol–water partition coefficient (Wildman–Crippen LogP) is 5.85. The molecule has 2 heterocycles. The van der Waals surface area contributed by atoms with Crippen molar-refractivity contribution in [2.45, 2.75) is 95.9 Å². The summed E-state index contributed by atoms with van der Waals surface area (Å²) in [5.74, 6) is -0.400. The van der Waals surface area contributed by atoms with Crippen molar-refractivity contribution in [2.24, 2.45) is 0 Å². The third kappa shape index (κ3) is 6.54. The molecule has 2 aliphatic carbocycles. The maximum Gasteiger partial charge on any atom is 0.306 e. The van der Waals surface area contributed by atoms with E-state index in [9.17, 15) is 14.4 Å². The van der Waals surface area contributed by atoms with Gasteiger partial charge in [0, 0.05) is 48.7 Å². The van der Waals surface area contributed by atoms with Crippen LogP contribution in [0.15, 0.2) is 42.7 Å². The zero-order chi connectivity index (χ0) is 30.8. The van der Waals surface area contributed by atoms with Gasteiger partial charge in [-0.25, -0.2) is 9.97 Å². The molecule has 3 N–H and O–H groups in total. The first kappa shape index (κ1) is 30.5. The standard InChI is InChI=1S/C32H38ClN5O5/c1-5-9-26(39)42-24-15-31(24,7-3)38-30-35-17-19(4)28(36-30)20-13-23(34-18-20)29(41)37-32(21-11-8-12-22(33)14-21)16-25(32)43-27(40)10-6-2/h8,11-14,17-18,24-25,34H,5-7,9-10,15-16H2,1-4H3,(H,37,41)(H,35,36,38)/t24-,25?,31?,32?/m0/s1. The van der Waals surface area contributed by atoms with Crippen LogP contribution in [0.4, 0.5) is 5.95 Å². The average Bonchev–Trinajstić information content (AvgIpc) is 3.76. The summed E-state index contributed by atoms with van der Waals surface area (Å²) < 4.78 is 11.3. The molecule has 5 rings (SSSR count). The average molecular weight is 608 g/mol. The largest absolute Gasteiger partial charge is 0.460 e. The van der Waals surface area contributed by atoms with E-state index in [0.717, 1.165) is 29.5 Å². The number of carbonyl (C=O) groups is 3. The molecule has 3 aromatic rings. The molecule has 0 aliphatic heterocycles. The van der Waals surface area contributed by atoms with Crippen LogP contribution in [0.2, 0.25) is 5.02 Å². The highest BCUT2D eigenvalue weighted by Gasteiger charge is 2.60. The molecule has 2 aromatic heterocycles. The van der Waals surface area contributed by atoms with Crippen LogP contribution in [0.25, 0.3) is 11.3 Å². The molecule has 2 aliphatic rings. The number of hydrogen-bond donors (Lipinski definition) is 3. The number of halogens is 1. The van der Waals surface area contributed by atoms with Crippen molar-refractivity contribution >= 4 is 35.4 Å². The first-order valence-electron chi connectivity index (χ1n) is 14.9. The summed E-state index contributed by atoms with van der Waals surface area (Å²) in [6.45, 7) is 7.80. The Bertz CT molecular complexity index is 1530. The molecule has 4 atom stereocenters. The molecule has 2 fully saturated rings. The van der Waals surface area contributed by atoms with Gasteiger partial charge in [0.15, 0.2) is 0 Å². The van der Waals surface area contributed by atoms with E-state index >= 15 is 0 Å². The fraction of sp³-hybridized carbons (Fsp3) is 0.469. The monoisotopic (exact) mass is 607 g/mol. The molecule has 0 spiro atoms. The van der Waals surface area contributed by atoms with E-state index in [0.29, 0.717) is 54.5 Å². The maximum atomic E-state index is 13.5. The van der Waals surface area contributed by atoms with Gasteiger partial charge in [-0.3, -0.25) is 14.4 Å². The molecule has 1 amide bonds. The van der Waals surface area contributed by atoms with Gasteiger partial charge in [-0.1, -0.05) is 44.5 Å². The molecule has 228 valence electrons. The highest BCUT2D eigenvalue weighted by Crippen LogP contribution is 2.49. The smallest absolute Gasteiger partial charge is 0.306 e. The number of ether oxygens (including phenoxy) is 2. The van der Waals surface area contributed by atoms with Crippen LogP contribution in [-0.2, 0) is 24.6 Å². The third-order valence-corrected chi connectivity index (χ3v) is 8.43. The van der Waals surface area contributed by atoms with Crippen molar-refractivity contribution in [3.05, 3.63) is 64.6 Å². The lowest BCUT2D eigenvalue weighted by Crippen LogP contribution is -2.38. The first-order valence-corrected chi connectivity index (χ1v) is 15.3. The Morgan fingerprint density at radius 1 is 1.05 bits per heavy atom. The maximum absolute atomic E-state index is 13.5. The zero-order valence-corrected chi connectivity index (χ0v) is 25.7. The fourth-order valence-electron chi connectivity index (χ4n) is 5.46. The number of nitrogens with one attached hydrogen (secondary N) is 3. The molecular formula is C32H38ClN5O5. The summed E-state index contributed by atoms with van der Waals surface area (Å²) in [4.78, 5) is 50.1. The van der Waals surface area contributed by atoms with Crippen molar-refractivity contribution in [1.82, 2.24) is 20.3 Å². The van der Waals surface area contributed by atoms with Gasteiger partial charge in [-0.05, 0) is 55.5 Å². The number of anilines is 1. The summed E-state index contributed by atoms with van der Waals surface area (Å²) in [7, 11) is 0. The van der Waals surface area contributed by atoms with Gasteiger partial charge in [0.1, 0.15) is 23.4 Å². The zero-order valence-electron chi connectivity index (χ0n) is 25.0. The number of H-pyrrole nitrogens is 1. The van der Waals surface area contributed by atoms with Crippen LogP contribution in [0.3, 0.4) is 0 Å². The van der Waals surface area contributed by atoms with Crippen molar-refractivity contribution in [1.29, 1.82) is 0 Å². The van der Waals surface area contributed by atoms with E-state index in [1.165, 1.54) is 0 Å². The van der Waals surface area contributed by atoms with Crippen LogP contribution in [0, 0.1) is 6.92 Å². The van der Waals surface area contributed by atoms with E-state index in [1.807, 2.05) is 39.8 Å². The minimum Gasteiger partial charge on any atom is -0.460 e. The number of aromatic amines is 1. The lowest BCUT2D eigenvalue weighted by molar-refractivity contribution is -0.146. The third-order valence-electron chi connectivity index (χ3n) is 8.20. The Morgan fingerprint density at radius 3 is 2.44 bits per heavy atom. The van der Waals surface area contributed by atoms with Gasteiger partial charge in [0.25, 0.3) is 5.91 Å². The van der Waals surface area contributed by atoms with E-state index in [4.69, 9.17) is 26.1 Å². The number of amides is 1. The van der Waals surface area contributed by atoms with Gasteiger partial charge in [-0.2, -0.15) is 0 Å². The molecule has 11 heteroatoms. The topological polar surface area (TPSA) is 135 Å². The first-order chi connectivity index (χ1) is 20.6. The normalized spacial score (nSPS) is 23.7. The van der Waals surface area contributed by atoms with Gasteiger partial charge >= 0.3 is 11.9 Å². The number of esters is 2. The number of carbonyl (C=O) groups excluding carboxylic acids is 3. The molecule has 1 aromatic carbocycles. The Labute approximate surface area is 256 Å². The summed E-state index contributed by atoms with van der Waals surface area (Å²) in [5.41, 5.74) is 2.08. The Hall–Kier alpha value is -3.92. The highest BCUT2D eigenvalue weighted by atomic mass is 35.5. The number of aryl methyl sites for hydroxylation is 1. The van der Waals surface area contributed by atoms with Crippen LogP contribution in [0.5, 0.6) is 0 Å². The van der Waals surface area contributed by atoms with Crippen LogP contribution in [-0.4, -0.2) is 50.5 Å². The summed E-state index contributed by atoms with van der Waals surface area (Å²) in [5, 5.41) is 7.02. The van der Waals surface area contributed by atoms with E-state index < -0.39 is 17.2 Å². The van der Waals surface area contributed by atoms with Crippen molar-refractivity contribution in [3.63, 3.8) is 0 Å². The number of hydrogen-bond acceptors (Lipinski definition) is 8. The molecule has 10 nitrogen and oxygen atoms in total. The van der Waals surface area contributed by atoms with Crippen molar-refractivity contribution in [2.75, 3.05) is 5.32 Å². The van der Waals surface area contributed by atoms with Gasteiger partial charge in [-0.15, -0.1) is 0 Å². The molecule has 3 unspecified atom stereocenters. The van der Waals surface area contributed by atoms with E-state index in [2.05, 4.69) is 20.6 Å². The lowest BCUT2D eigenvalue weighted by atomic mass is 10.0. The molecule has 0 radical (unpaired) electrons. The second-order valence-electron chi connectivity index (χ2n) is 11.5. The Balaban J connectivity index is 1.32. The van der Waals surface area contributed by atoms with E-state index in [-0.39, 0.29) is 23.9 Å². The Kier molecular flexibility index (Phi) is 8.78. The van der Waals surface area contributed by atoms with Crippen LogP contribution in [0.1, 0.15) is 87.3 Å². The number of rotatable bonds is 13. The predicted molar refractivity (Wildman–Crippen MR) is 163 cm³/mol. The summed E-state index contributed by atoms with van der Waals surface area (Å²) in [6, 6.07) is 8.97. The minimum absolute atomic E-state index is 0.193. The molecule has 0 saturated heterocycles. The van der Waals surface area contributed by atoms with Crippen LogP contribution < -0.4 is 10.6 Å². The number of aromatic nitrogens is 3. The minimum atomic E-state index is -0.867. The number of benzene rings is 1. The van der Waals surface area contributed by atoms with Gasteiger partial charge in [0.2, 0.25) is 5.95 Å². The molecule has 2 saturated carbocycles. The lowest BCUT2D eigenvalue weighted by Gasteiger charge is -2.20. The van der Waals surface area contributed by atoms with Gasteiger partial charge in [0.05, 0.1) is 11.2 Å².